The van der Waals surface area contributed by atoms with Crippen molar-refractivity contribution in [3.05, 3.63) is 45.6 Å². The van der Waals surface area contributed by atoms with Crippen LogP contribution in [0.5, 0.6) is 5.88 Å². The van der Waals surface area contributed by atoms with Crippen molar-refractivity contribution in [1.82, 2.24) is 4.57 Å². The van der Waals surface area contributed by atoms with Gasteiger partial charge in [-0.25, -0.2) is 0 Å². The molecule has 0 amide bonds. The lowest BCUT2D eigenvalue weighted by Gasteiger charge is -2.28. The average Bonchev–Trinajstić information content (AvgIpc) is 2.74. The fourth-order valence-corrected chi connectivity index (χ4v) is 3.95. The molecule has 9 heteroatoms. The van der Waals surface area contributed by atoms with E-state index in [9.17, 15) is 18.0 Å². The van der Waals surface area contributed by atoms with E-state index in [1.165, 1.54) is 6.07 Å². The minimum Gasteiger partial charge on any atom is -0.476 e. The van der Waals surface area contributed by atoms with Crippen LogP contribution in [0.15, 0.2) is 29.1 Å². The van der Waals surface area contributed by atoms with Gasteiger partial charge in [0.2, 0.25) is 0 Å². The van der Waals surface area contributed by atoms with Gasteiger partial charge in [0.15, 0.2) is 11.3 Å². The van der Waals surface area contributed by atoms with Gasteiger partial charge in [-0.05, 0) is 31.0 Å². The van der Waals surface area contributed by atoms with E-state index < -0.39 is 12.6 Å². The van der Waals surface area contributed by atoms with E-state index in [4.69, 9.17) is 14.2 Å². The molecule has 3 heterocycles. The number of ether oxygens (including phenoxy) is 3. The quantitative estimate of drug-likeness (QED) is 0.748. The monoisotopic (exact) mass is 438 g/mol. The van der Waals surface area contributed by atoms with Crippen LogP contribution in [-0.2, 0) is 22.4 Å². The summed E-state index contributed by atoms with van der Waals surface area (Å²) in [5.41, 5.74) is 3.79. The molecule has 0 saturated carbocycles. The molecule has 1 fully saturated rings. The summed E-state index contributed by atoms with van der Waals surface area (Å²) in [5.74, 6) is 0.484. The largest absolute Gasteiger partial charge is 0.476 e. The number of pyridine rings is 1. The van der Waals surface area contributed by atoms with E-state index in [2.05, 4.69) is 5.32 Å². The second kappa shape index (κ2) is 8.92. The Labute approximate surface area is 177 Å². The van der Waals surface area contributed by atoms with Gasteiger partial charge in [0, 0.05) is 36.0 Å². The van der Waals surface area contributed by atoms with Crippen LogP contribution in [0.3, 0.4) is 0 Å². The Bertz CT molecular complexity index is 997. The lowest BCUT2D eigenvalue weighted by Crippen LogP contribution is -2.34. The number of aromatic nitrogens is 1. The normalized spacial score (nSPS) is 18.3. The Morgan fingerprint density at radius 1 is 1.26 bits per heavy atom. The number of alkyl halides is 3. The van der Waals surface area contributed by atoms with Crippen molar-refractivity contribution in [2.45, 2.75) is 38.6 Å². The first kappa shape index (κ1) is 21.7. The second-order valence-corrected chi connectivity index (χ2v) is 7.76. The maximum atomic E-state index is 12.6. The van der Waals surface area contributed by atoms with Gasteiger partial charge in [0.25, 0.3) is 0 Å². The van der Waals surface area contributed by atoms with E-state index in [0.717, 1.165) is 16.8 Å². The zero-order valence-electron chi connectivity index (χ0n) is 17.3. The van der Waals surface area contributed by atoms with Crippen molar-refractivity contribution in [3.8, 4) is 17.1 Å². The van der Waals surface area contributed by atoms with E-state index in [0.29, 0.717) is 49.9 Å². The van der Waals surface area contributed by atoms with Gasteiger partial charge in [-0.1, -0.05) is 6.07 Å². The maximum absolute atomic E-state index is 12.6. The van der Waals surface area contributed by atoms with Crippen LogP contribution in [0, 0.1) is 6.92 Å². The summed E-state index contributed by atoms with van der Waals surface area (Å²) in [4.78, 5) is 12.6. The van der Waals surface area contributed by atoms with Crippen LogP contribution in [-0.4, -0.2) is 49.8 Å². The molecule has 0 spiro atoms. The van der Waals surface area contributed by atoms with Crippen LogP contribution in [0.2, 0.25) is 0 Å². The molecule has 1 aromatic carbocycles. The van der Waals surface area contributed by atoms with Crippen molar-refractivity contribution in [2.75, 3.05) is 38.3 Å². The lowest BCUT2D eigenvalue weighted by atomic mass is 9.94. The van der Waals surface area contributed by atoms with E-state index in [1.807, 2.05) is 16.7 Å². The van der Waals surface area contributed by atoms with Crippen molar-refractivity contribution in [3.63, 3.8) is 0 Å². The number of hydrogen-bond donors (Lipinski definition) is 1. The average molecular weight is 438 g/mol. The molecule has 0 radical (unpaired) electrons. The molecule has 4 rings (SSSR count). The lowest BCUT2D eigenvalue weighted by molar-refractivity contribution is -0.131. The SMILES string of the molecule is Cc1c2n(c(OC[C@@H]3COCCO3)cc1=O)CCc1cc(NCCC(F)(F)F)ccc1-2. The van der Waals surface area contributed by atoms with Crippen LogP contribution in [0.25, 0.3) is 11.3 Å². The molecule has 1 atom stereocenters. The highest BCUT2D eigenvalue weighted by molar-refractivity contribution is 5.72. The summed E-state index contributed by atoms with van der Waals surface area (Å²) in [6.45, 7) is 4.04. The molecular formula is C22H25F3N2O4. The summed E-state index contributed by atoms with van der Waals surface area (Å²) in [6, 6.07) is 6.96. The summed E-state index contributed by atoms with van der Waals surface area (Å²) < 4.78 is 56.1. The number of fused-ring (bicyclic) bond motifs is 3. The minimum atomic E-state index is -4.19. The number of hydrogen-bond acceptors (Lipinski definition) is 5. The maximum Gasteiger partial charge on any atom is 0.390 e. The summed E-state index contributed by atoms with van der Waals surface area (Å²) in [7, 11) is 0. The van der Waals surface area contributed by atoms with Gasteiger partial charge in [0.1, 0.15) is 12.7 Å². The van der Waals surface area contributed by atoms with Crippen molar-refractivity contribution >= 4 is 5.69 Å². The van der Waals surface area contributed by atoms with E-state index >= 15 is 0 Å². The Kier molecular flexibility index (Phi) is 6.24. The number of nitrogens with zero attached hydrogens (tertiary/aromatic N) is 1. The summed E-state index contributed by atoms with van der Waals surface area (Å²) in [6.07, 6.45) is -4.58. The molecule has 168 valence electrons. The molecule has 1 N–H and O–H groups in total. The fraction of sp³-hybridized carbons (Fsp3) is 0.500. The molecule has 31 heavy (non-hydrogen) atoms. The van der Waals surface area contributed by atoms with Gasteiger partial charge in [-0.2, -0.15) is 13.2 Å². The van der Waals surface area contributed by atoms with Crippen molar-refractivity contribution < 1.29 is 27.4 Å². The molecule has 2 aliphatic heterocycles. The molecule has 2 aliphatic rings. The summed E-state index contributed by atoms with van der Waals surface area (Å²) in [5, 5.41) is 2.83. The van der Waals surface area contributed by atoms with Crippen LogP contribution in [0.1, 0.15) is 17.5 Å². The third kappa shape index (κ3) is 5.04. The number of halogens is 3. The number of benzene rings is 1. The minimum absolute atomic E-state index is 0.123. The van der Waals surface area contributed by atoms with Gasteiger partial charge in [-0.3, -0.25) is 4.79 Å². The predicted molar refractivity (Wildman–Crippen MR) is 110 cm³/mol. The second-order valence-electron chi connectivity index (χ2n) is 7.76. The number of aryl methyl sites for hydroxylation is 1. The molecule has 0 bridgehead atoms. The summed E-state index contributed by atoms with van der Waals surface area (Å²) >= 11 is 0. The molecule has 0 aliphatic carbocycles. The van der Waals surface area contributed by atoms with E-state index in [-0.39, 0.29) is 24.7 Å². The predicted octanol–water partition coefficient (Wildman–Crippen LogP) is 3.54. The first-order valence-corrected chi connectivity index (χ1v) is 10.3. The van der Waals surface area contributed by atoms with E-state index in [1.54, 1.807) is 13.0 Å². The topological polar surface area (TPSA) is 61.7 Å². The number of rotatable bonds is 6. The highest BCUT2D eigenvalue weighted by Gasteiger charge is 2.27. The Hall–Kier alpha value is -2.52. The first-order valence-electron chi connectivity index (χ1n) is 10.3. The zero-order valence-corrected chi connectivity index (χ0v) is 17.3. The van der Waals surface area contributed by atoms with Gasteiger partial charge in [0.05, 0.1) is 31.9 Å². The van der Waals surface area contributed by atoms with Gasteiger partial charge in [-0.15, -0.1) is 0 Å². The number of anilines is 1. The van der Waals surface area contributed by atoms with Crippen molar-refractivity contribution in [2.24, 2.45) is 0 Å². The van der Waals surface area contributed by atoms with Crippen LogP contribution >= 0.6 is 0 Å². The molecule has 0 unspecified atom stereocenters. The van der Waals surface area contributed by atoms with Gasteiger partial charge >= 0.3 is 6.18 Å². The highest BCUT2D eigenvalue weighted by atomic mass is 19.4. The Morgan fingerprint density at radius 2 is 2.10 bits per heavy atom. The fourth-order valence-electron chi connectivity index (χ4n) is 3.95. The Balaban J connectivity index is 1.57. The number of nitrogens with one attached hydrogen (secondary N) is 1. The standard InChI is InChI=1S/C22H25F3N2O4/c1-14-19(28)11-20(31-13-17-12-29-8-9-30-17)27-7-4-15-10-16(2-3-18(15)21(14)27)26-6-5-22(23,24)25/h2-3,10-11,17,26H,4-9,12-13H2,1H3/t17-/m0/s1. The Morgan fingerprint density at radius 3 is 2.84 bits per heavy atom. The molecule has 1 saturated heterocycles. The van der Waals surface area contributed by atoms with Gasteiger partial charge < -0.3 is 24.1 Å². The third-order valence-electron chi connectivity index (χ3n) is 5.52. The first-order chi connectivity index (χ1) is 14.8. The third-order valence-corrected chi connectivity index (χ3v) is 5.52. The smallest absolute Gasteiger partial charge is 0.390 e. The molecule has 2 aromatic rings. The van der Waals surface area contributed by atoms with Crippen LogP contribution < -0.4 is 15.5 Å². The molecular weight excluding hydrogens is 413 g/mol. The zero-order chi connectivity index (χ0) is 22.0. The highest BCUT2D eigenvalue weighted by Crippen LogP contribution is 2.35. The van der Waals surface area contributed by atoms with Crippen LogP contribution in [0.4, 0.5) is 18.9 Å². The molecule has 6 nitrogen and oxygen atoms in total. The molecule has 1 aromatic heterocycles. The van der Waals surface area contributed by atoms with Crippen molar-refractivity contribution in [1.29, 1.82) is 0 Å².